The number of nitrogens with zero attached hydrogens (tertiary/aromatic N) is 2. The lowest BCUT2D eigenvalue weighted by atomic mass is 9.99. The van der Waals surface area contributed by atoms with Crippen molar-refractivity contribution in [3.63, 3.8) is 0 Å². The van der Waals surface area contributed by atoms with Crippen molar-refractivity contribution in [2.45, 2.75) is 90.6 Å². The molecule has 0 bridgehead atoms. The molecular weight excluding hydrogens is 530 g/mol. The van der Waals surface area contributed by atoms with Gasteiger partial charge in [-0.25, -0.2) is 9.69 Å². The number of rotatable bonds is 11. The maximum absolute atomic E-state index is 13.4. The van der Waals surface area contributed by atoms with Crippen molar-refractivity contribution in [2.24, 2.45) is 17.6 Å². The number of ether oxygens (including phenoxy) is 1. The molecule has 1 aromatic carbocycles. The van der Waals surface area contributed by atoms with E-state index in [4.69, 9.17) is 10.5 Å². The maximum Gasteiger partial charge on any atom is 0.417 e. The number of carbonyl (C=O) groups is 6. The topological polar surface area (TPSA) is 168 Å². The summed E-state index contributed by atoms with van der Waals surface area (Å²) in [5.41, 5.74) is 6.22. The zero-order valence-corrected chi connectivity index (χ0v) is 24.1. The summed E-state index contributed by atoms with van der Waals surface area (Å²) in [4.78, 5) is 79.5. The first-order valence-corrected chi connectivity index (χ1v) is 14.1. The number of hydrogen-bond acceptors (Lipinski definition) is 7. The Morgan fingerprint density at radius 1 is 1.00 bits per heavy atom. The van der Waals surface area contributed by atoms with E-state index >= 15 is 0 Å². The third kappa shape index (κ3) is 8.05. The largest absolute Gasteiger partial charge is 0.444 e. The first kappa shape index (κ1) is 31.6. The molecule has 41 heavy (non-hydrogen) atoms. The smallest absolute Gasteiger partial charge is 0.417 e. The Balaban J connectivity index is 1.69. The van der Waals surface area contributed by atoms with E-state index in [0.717, 1.165) is 10.5 Å². The van der Waals surface area contributed by atoms with Crippen molar-refractivity contribution >= 4 is 35.6 Å². The highest BCUT2D eigenvalue weighted by molar-refractivity contribution is 6.02. The van der Waals surface area contributed by atoms with Crippen LogP contribution in [0.1, 0.15) is 65.4 Å². The number of amides is 6. The number of likely N-dealkylation sites (tertiary alicyclic amines) is 2. The molecule has 0 saturated carbocycles. The fraction of sp³-hybridized carbons (Fsp3) is 0.586. The molecule has 4 atom stereocenters. The van der Waals surface area contributed by atoms with Gasteiger partial charge in [0.25, 0.3) is 0 Å². The highest BCUT2D eigenvalue weighted by atomic mass is 16.6. The number of primary amides is 1. The molecule has 12 nitrogen and oxygen atoms in total. The summed E-state index contributed by atoms with van der Waals surface area (Å²) in [6.45, 7) is 7.59. The van der Waals surface area contributed by atoms with Gasteiger partial charge < -0.3 is 26.0 Å². The maximum atomic E-state index is 13.4. The van der Waals surface area contributed by atoms with Crippen LogP contribution < -0.4 is 16.4 Å². The van der Waals surface area contributed by atoms with Gasteiger partial charge in [-0.2, -0.15) is 0 Å². The molecule has 0 spiro atoms. The van der Waals surface area contributed by atoms with Gasteiger partial charge in [0.2, 0.25) is 29.5 Å². The number of hydrogen-bond donors (Lipinski definition) is 3. The van der Waals surface area contributed by atoms with Crippen molar-refractivity contribution in [3.05, 3.63) is 35.9 Å². The van der Waals surface area contributed by atoms with Crippen LogP contribution in [0.2, 0.25) is 0 Å². The summed E-state index contributed by atoms with van der Waals surface area (Å²) in [7, 11) is 0. The minimum atomic E-state index is -1.13. The minimum absolute atomic E-state index is 0.0150. The van der Waals surface area contributed by atoms with Gasteiger partial charge in [0.05, 0.1) is 0 Å². The van der Waals surface area contributed by atoms with E-state index in [-0.39, 0.29) is 31.3 Å². The zero-order chi connectivity index (χ0) is 30.3. The van der Waals surface area contributed by atoms with E-state index in [1.54, 1.807) is 38.1 Å². The first-order valence-electron chi connectivity index (χ1n) is 14.1. The molecule has 0 aliphatic carbocycles. The lowest BCUT2D eigenvalue weighted by Crippen LogP contribution is -2.59. The molecule has 0 aromatic heterocycles. The zero-order valence-electron chi connectivity index (χ0n) is 24.1. The lowest BCUT2D eigenvalue weighted by molar-refractivity contribution is -0.142. The molecule has 1 aromatic rings. The third-order valence-electron chi connectivity index (χ3n) is 7.35. The summed E-state index contributed by atoms with van der Waals surface area (Å²) in [5.74, 6) is -3.09. The Morgan fingerprint density at radius 3 is 2.29 bits per heavy atom. The second-order valence-corrected chi connectivity index (χ2v) is 11.4. The van der Waals surface area contributed by atoms with E-state index in [9.17, 15) is 28.8 Å². The van der Waals surface area contributed by atoms with E-state index < -0.39 is 59.8 Å². The fourth-order valence-electron chi connectivity index (χ4n) is 5.22. The number of carbonyl (C=O) groups excluding carboxylic acids is 6. The van der Waals surface area contributed by atoms with Crippen LogP contribution in [0, 0.1) is 11.8 Å². The van der Waals surface area contributed by atoms with E-state index in [2.05, 4.69) is 10.6 Å². The highest BCUT2D eigenvalue weighted by Crippen LogP contribution is 2.22. The molecular formula is C29H41N5O7. The van der Waals surface area contributed by atoms with Crippen LogP contribution in [0.3, 0.4) is 0 Å². The van der Waals surface area contributed by atoms with Crippen molar-refractivity contribution in [3.8, 4) is 0 Å². The number of nitrogens with one attached hydrogen (secondary N) is 2. The molecule has 6 amide bonds. The second-order valence-electron chi connectivity index (χ2n) is 11.4. The van der Waals surface area contributed by atoms with E-state index in [0.29, 0.717) is 25.8 Å². The Kier molecular flexibility index (Phi) is 10.8. The molecule has 2 saturated heterocycles. The van der Waals surface area contributed by atoms with Crippen molar-refractivity contribution < 1.29 is 33.5 Å². The van der Waals surface area contributed by atoms with Gasteiger partial charge in [-0.05, 0) is 43.1 Å². The fourth-order valence-corrected chi connectivity index (χ4v) is 5.22. The van der Waals surface area contributed by atoms with Gasteiger partial charge in [0, 0.05) is 13.0 Å². The SMILES string of the molecule is CC(C)C[C@H](NC(=O)[C@H](NC(=O)[C@H]1CCC(=O)N1C(=O)OCc1ccccc1)C(C)C)C(=O)N1CCC[C@H]1C(N)=O. The number of imide groups is 1. The van der Waals surface area contributed by atoms with Gasteiger partial charge in [-0.1, -0.05) is 58.0 Å². The predicted molar refractivity (Wildman–Crippen MR) is 149 cm³/mol. The first-order chi connectivity index (χ1) is 19.4. The molecule has 4 N–H and O–H groups in total. The van der Waals surface area contributed by atoms with Crippen molar-refractivity contribution in [2.75, 3.05) is 6.54 Å². The molecule has 2 aliphatic heterocycles. The normalized spacial score (nSPS) is 20.2. The van der Waals surface area contributed by atoms with Gasteiger partial charge in [0.1, 0.15) is 30.8 Å². The van der Waals surface area contributed by atoms with Crippen molar-refractivity contribution in [1.82, 2.24) is 20.4 Å². The third-order valence-corrected chi connectivity index (χ3v) is 7.35. The number of nitrogens with two attached hydrogens (primary N) is 1. The summed E-state index contributed by atoms with van der Waals surface area (Å²) in [5, 5.41) is 5.45. The predicted octanol–water partition coefficient (Wildman–Crippen LogP) is 1.46. The standard InChI is InChI=1S/C29H41N5O7/c1-17(2)15-20(28(39)33-14-8-11-21(33)25(30)36)31-27(38)24(18(3)4)32-26(37)22-12-13-23(35)34(22)29(40)41-16-19-9-6-5-7-10-19/h5-7,9-10,17-18,20-22,24H,8,11-16H2,1-4H3,(H2,30,36)(H,31,38)(H,32,37)/t20-,21-,22+,24+/m0/s1. The quantitative estimate of drug-likeness (QED) is 0.361. The molecule has 0 unspecified atom stereocenters. The molecule has 2 heterocycles. The second kappa shape index (κ2) is 14.1. The molecule has 224 valence electrons. The van der Waals surface area contributed by atoms with Crippen LogP contribution >= 0.6 is 0 Å². The molecule has 3 rings (SSSR count). The summed E-state index contributed by atoms with van der Waals surface area (Å²) >= 11 is 0. The summed E-state index contributed by atoms with van der Waals surface area (Å²) < 4.78 is 5.28. The van der Waals surface area contributed by atoms with E-state index in [1.165, 1.54) is 4.90 Å². The summed E-state index contributed by atoms with van der Waals surface area (Å²) in [6, 6.07) is 5.12. The minimum Gasteiger partial charge on any atom is -0.444 e. The van der Waals surface area contributed by atoms with Crippen LogP contribution in [-0.2, 0) is 35.3 Å². The highest BCUT2D eigenvalue weighted by Gasteiger charge is 2.43. The molecule has 0 radical (unpaired) electrons. The molecule has 2 fully saturated rings. The van der Waals surface area contributed by atoms with E-state index in [1.807, 2.05) is 19.9 Å². The monoisotopic (exact) mass is 571 g/mol. The van der Waals surface area contributed by atoms with Crippen LogP contribution in [0.25, 0.3) is 0 Å². The Hall–Kier alpha value is -3.96. The summed E-state index contributed by atoms with van der Waals surface area (Å²) in [6.07, 6.45) is 0.576. The average Bonchev–Trinajstić information content (AvgIpc) is 3.57. The van der Waals surface area contributed by atoms with Crippen LogP contribution in [0.5, 0.6) is 0 Å². The van der Waals surface area contributed by atoms with Gasteiger partial charge in [0.15, 0.2) is 0 Å². The number of benzene rings is 1. The van der Waals surface area contributed by atoms with Gasteiger partial charge in [-0.15, -0.1) is 0 Å². The van der Waals surface area contributed by atoms with Gasteiger partial charge >= 0.3 is 6.09 Å². The molecule has 12 heteroatoms. The van der Waals surface area contributed by atoms with Crippen LogP contribution in [-0.4, -0.2) is 76.1 Å². The van der Waals surface area contributed by atoms with Crippen LogP contribution in [0.15, 0.2) is 30.3 Å². The lowest BCUT2D eigenvalue weighted by Gasteiger charge is -2.31. The Morgan fingerprint density at radius 2 is 1.68 bits per heavy atom. The van der Waals surface area contributed by atoms with Crippen molar-refractivity contribution in [1.29, 1.82) is 0 Å². The molecule has 2 aliphatic rings. The van der Waals surface area contributed by atoms with Gasteiger partial charge in [-0.3, -0.25) is 24.0 Å². The Bertz CT molecular complexity index is 1140. The average molecular weight is 572 g/mol. The van der Waals surface area contributed by atoms with Crippen LogP contribution in [0.4, 0.5) is 4.79 Å². The Labute approximate surface area is 240 Å².